The number of nitrogens with one attached hydrogen (secondary N) is 2. The summed E-state index contributed by atoms with van der Waals surface area (Å²) in [6.45, 7) is 6.87. The predicted octanol–water partition coefficient (Wildman–Crippen LogP) is 2.62. The van der Waals surface area contributed by atoms with Crippen LogP contribution < -0.4 is 10.6 Å². The van der Waals surface area contributed by atoms with Gasteiger partial charge < -0.3 is 15.5 Å². The molecule has 0 unspecified atom stereocenters. The zero-order valence-electron chi connectivity index (χ0n) is 15.5. The van der Waals surface area contributed by atoms with Gasteiger partial charge in [0.15, 0.2) is 0 Å². The highest BCUT2D eigenvalue weighted by Gasteiger charge is 2.13. The normalized spacial score (nSPS) is 21.7. The zero-order chi connectivity index (χ0) is 17.6. The second-order valence-electron chi connectivity index (χ2n) is 6.61. The van der Waals surface area contributed by atoms with E-state index in [-0.39, 0.29) is 17.9 Å². The molecule has 0 aromatic carbocycles. The van der Waals surface area contributed by atoms with Crippen LogP contribution in [0.1, 0.15) is 65.2 Å². The summed E-state index contributed by atoms with van der Waals surface area (Å²) < 4.78 is 0. The van der Waals surface area contributed by atoms with Gasteiger partial charge in [0.05, 0.1) is 0 Å². The lowest BCUT2D eigenvalue weighted by molar-refractivity contribution is -0.129. The third-order valence-corrected chi connectivity index (χ3v) is 4.38. The molecule has 0 aliphatic carbocycles. The Bertz CT molecular complexity index is 396. The first-order valence-electron chi connectivity index (χ1n) is 9.55. The number of carbonyl (C=O) groups excluding carboxylic acids is 2. The van der Waals surface area contributed by atoms with Crippen molar-refractivity contribution in [2.75, 3.05) is 26.2 Å². The van der Waals surface area contributed by atoms with E-state index in [0.717, 1.165) is 45.3 Å². The van der Waals surface area contributed by atoms with E-state index in [1.807, 2.05) is 4.90 Å². The van der Waals surface area contributed by atoms with Gasteiger partial charge in [-0.25, -0.2) is 0 Å². The topological polar surface area (TPSA) is 61.4 Å². The molecule has 1 fully saturated rings. The number of hydrogen-bond acceptors (Lipinski definition) is 3. The number of unbranched alkanes of at least 4 members (excludes halogenated alkanes) is 3. The van der Waals surface area contributed by atoms with Crippen LogP contribution in [-0.4, -0.2) is 48.9 Å². The van der Waals surface area contributed by atoms with Crippen LogP contribution in [-0.2, 0) is 9.59 Å². The van der Waals surface area contributed by atoms with Crippen molar-refractivity contribution in [3.05, 3.63) is 12.2 Å². The molecule has 0 aromatic rings. The first-order chi connectivity index (χ1) is 11.6. The van der Waals surface area contributed by atoms with E-state index in [4.69, 9.17) is 0 Å². The Balaban J connectivity index is 2.49. The van der Waals surface area contributed by atoms with Gasteiger partial charge in [0, 0.05) is 39.0 Å². The highest BCUT2D eigenvalue weighted by molar-refractivity contribution is 5.76. The van der Waals surface area contributed by atoms with Crippen molar-refractivity contribution in [3.8, 4) is 0 Å². The summed E-state index contributed by atoms with van der Waals surface area (Å²) in [5.74, 6) is 0.205. The van der Waals surface area contributed by atoms with E-state index in [9.17, 15) is 9.59 Å². The predicted molar refractivity (Wildman–Crippen MR) is 98.8 cm³/mol. The summed E-state index contributed by atoms with van der Waals surface area (Å²) in [4.78, 5) is 25.6. The lowest BCUT2D eigenvalue weighted by Gasteiger charge is -2.20. The molecule has 0 saturated carbocycles. The first kappa shape index (κ1) is 20.7. The van der Waals surface area contributed by atoms with E-state index in [1.54, 1.807) is 6.92 Å². The van der Waals surface area contributed by atoms with Crippen LogP contribution in [0.25, 0.3) is 0 Å². The molecule has 0 spiro atoms. The molecule has 0 bridgehead atoms. The Labute approximate surface area is 147 Å². The van der Waals surface area contributed by atoms with E-state index in [2.05, 4.69) is 29.7 Å². The van der Waals surface area contributed by atoms with E-state index < -0.39 is 0 Å². The summed E-state index contributed by atoms with van der Waals surface area (Å²) in [5, 5.41) is 6.44. The Morgan fingerprint density at radius 1 is 1.21 bits per heavy atom. The van der Waals surface area contributed by atoms with Gasteiger partial charge in [0.1, 0.15) is 0 Å². The van der Waals surface area contributed by atoms with Crippen molar-refractivity contribution in [2.24, 2.45) is 0 Å². The lowest BCUT2D eigenvalue weighted by Crippen LogP contribution is -2.35. The first-order valence-corrected chi connectivity index (χ1v) is 9.55. The van der Waals surface area contributed by atoms with Gasteiger partial charge >= 0.3 is 0 Å². The number of allylic oxidation sites excluding steroid dienone is 1. The smallest absolute Gasteiger partial charge is 0.221 e. The maximum absolute atomic E-state index is 12.1. The van der Waals surface area contributed by atoms with E-state index in [1.165, 1.54) is 19.3 Å². The van der Waals surface area contributed by atoms with Crippen LogP contribution in [0.3, 0.4) is 0 Å². The molecular formula is C19H35N3O2. The van der Waals surface area contributed by atoms with Crippen molar-refractivity contribution in [1.29, 1.82) is 0 Å². The lowest BCUT2D eigenvalue weighted by atomic mass is 10.1. The maximum atomic E-state index is 12.1. The Morgan fingerprint density at radius 2 is 2.00 bits per heavy atom. The average molecular weight is 338 g/mol. The quantitative estimate of drug-likeness (QED) is 0.599. The van der Waals surface area contributed by atoms with Crippen LogP contribution in [0.4, 0.5) is 0 Å². The Hall–Kier alpha value is -1.36. The molecule has 1 aliphatic heterocycles. The highest BCUT2D eigenvalue weighted by Crippen LogP contribution is 2.04. The van der Waals surface area contributed by atoms with Gasteiger partial charge in [0.25, 0.3) is 0 Å². The van der Waals surface area contributed by atoms with Crippen LogP contribution >= 0.6 is 0 Å². The molecule has 1 rings (SSSR count). The minimum atomic E-state index is 0.0827. The maximum Gasteiger partial charge on any atom is 0.221 e. The Morgan fingerprint density at radius 3 is 2.75 bits per heavy atom. The van der Waals surface area contributed by atoms with E-state index in [0.29, 0.717) is 13.0 Å². The molecule has 5 nitrogen and oxygen atoms in total. The largest absolute Gasteiger partial charge is 0.356 e. The summed E-state index contributed by atoms with van der Waals surface area (Å²) >= 11 is 0. The third kappa shape index (κ3) is 9.71. The second kappa shape index (κ2) is 13.0. The SMILES string of the molecule is CCCCC/C=C\[C@H]1CC(=O)NCCCN(C(C)=O)CCCCN1. The monoisotopic (exact) mass is 337 g/mol. The van der Waals surface area contributed by atoms with E-state index >= 15 is 0 Å². The van der Waals surface area contributed by atoms with Gasteiger partial charge in [0.2, 0.25) is 11.8 Å². The van der Waals surface area contributed by atoms with Crippen LogP contribution in [0.15, 0.2) is 12.2 Å². The zero-order valence-corrected chi connectivity index (χ0v) is 15.5. The molecule has 2 amide bonds. The minimum absolute atomic E-state index is 0.0827. The number of nitrogens with zero attached hydrogens (tertiary/aromatic N) is 1. The van der Waals surface area contributed by atoms with Crippen molar-refractivity contribution in [1.82, 2.24) is 15.5 Å². The molecule has 0 aromatic heterocycles. The van der Waals surface area contributed by atoms with Crippen LogP contribution in [0.5, 0.6) is 0 Å². The molecule has 0 radical (unpaired) electrons. The number of carbonyl (C=O) groups is 2. The van der Waals surface area contributed by atoms with Gasteiger partial charge in [-0.05, 0) is 38.6 Å². The molecule has 1 atom stereocenters. The average Bonchev–Trinajstić information content (AvgIpc) is 2.56. The molecule has 24 heavy (non-hydrogen) atoms. The fraction of sp³-hybridized carbons (Fsp3) is 0.789. The molecule has 1 saturated heterocycles. The van der Waals surface area contributed by atoms with Gasteiger partial charge in [-0.2, -0.15) is 0 Å². The van der Waals surface area contributed by atoms with Gasteiger partial charge in [-0.3, -0.25) is 9.59 Å². The van der Waals surface area contributed by atoms with Gasteiger partial charge in [-0.1, -0.05) is 31.9 Å². The van der Waals surface area contributed by atoms with Gasteiger partial charge in [-0.15, -0.1) is 0 Å². The summed E-state index contributed by atoms with van der Waals surface area (Å²) in [7, 11) is 0. The van der Waals surface area contributed by atoms with Crippen molar-refractivity contribution < 1.29 is 9.59 Å². The molecular weight excluding hydrogens is 302 g/mol. The molecule has 2 N–H and O–H groups in total. The minimum Gasteiger partial charge on any atom is -0.356 e. The van der Waals surface area contributed by atoms with Crippen molar-refractivity contribution >= 4 is 11.8 Å². The number of rotatable bonds is 5. The number of hydrogen-bond donors (Lipinski definition) is 2. The van der Waals surface area contributed by atoms with Crippen LogP contribution in [0, 0.1) is 0 Å². The molecule has 1 heterocycles. The van der Waals surface area contributed by atoms with Crippen LogP contribution in [0.2, 0.25) is 0 Å². The third-order valence-electron chi connectivity index (χ3n) is 4.38. The molecule has 138 valence electrons. The standard InChI is InChI=1S/C19H35N3O2/c1-3-4-5-6-7-11-18-16-19(24)21-13-10-15-22(17(2)23)14-9-8-12-20-18/h7,11,18,20H,3-6,8-10,12-16H2,1-2H3,(H,21,24)/b11-7-/t18-/m0/s1. The highest BCUT2D eigenvalue weighted by atomic mass is 16.2. The van der Waals surface area contributed by atoms with Crippen molar-refractivity contribution in [3.63, 3.8) is 0 Å². The molecule has 5 heteroatoms. The second-order valence-corrected chi connectivity index (χ2v) is 6.61. The molecule has 1 aliphatic rings. The Kier molecular flexibility index (Phi) is 11.2. The summed E-state index contributed by atoms with van der Waals surface area (Å²) in [5.41, 5.74) is 0. The van der Waals surface area contributed by atoms with Crippen molar-refractivity contribution in [2.45, 2.75) is 71.3 Å². The summed E-state index contributed by atoms with van der Waals surface area (Å²) in [6.07, 6.45) is 12.5. The fourth-order valence-corrected chi connectivity index (χ4v) is 2.89. The fourth-order valence-electron chi connectivity index (χ4n) is 2.89. The number of amides is 2. The summed E-state index contributed by atoms with van der Waals surface area (Å²) in [6, 6.07) is 0.108.